The predicted octanol–water partition coefficient (Wildman–Crippen LogP) is 2.06. The summed E-state index contributed by atoms with van der Waals surface area (Å²) in [5.41, 5.74) is 1.50. The van der Waals surface area contributed by atoms with Crippen molar-refractivity contribution in [2.24, 2.45) is 5.92 Å². The molecule has 1 aliphatic heterocycles. The highest BCUT2D eigenvalue weighted by Gasteiger charge is 2.32. The van der Waals surface area contributed by atoms with Gasteiger partial charge in [0, 0.05) is 31.8 Å². The molecule has 2 aliphatic rings. The van der Waals surface area contributed by atoms with Gasteiger partial charge in [-0.25, -0.2) is 4.98 Å². The van der Waals surface area contributed by atoms with E-state index in [1.807, 2.05) is 29.3 Å². The van der Waals surface area contributed by atoms with Gasteiger partial charge in [0.25, 0.3) is 5.91 Å². The third-order valence-corrected chi connectivity index (χ3v) is 4.88. The van der Waals surface area contributed by atoms with Crippen molar-refractivity contribution in [1.29, 1.82) is 0 Å². The molecule has 2 aromatic rings. The molecule has 1 aliphatic carbocycles. The number of hydrogen-bond donors (Lipinski definition) is 1. The smallest absolute Gasteiger partial charge is 0.274 e. The van der Waals surface area contributed by atoms with Gasteiger partial charge in [0.05, 0.1) is 5.52 Å². The molecule has 22 heavy (non-hydrogen) atoms. The van der Waals surface area contributed by atoms with E-state index in [-0.39, 0.29) is 12.5 Å². The maximum atomic E-state index is 12.9. The van der Waals surface area contributed by atoms with Crippen molar-refractivity contribution >= 4 is 11.4 Å². The Morgan fingerprint density at radius 3 is 2.68 bits per heavy atom. The fourth-order valence-corrected chi connectivity index (χ4v) is 3.32. The molecule has 1 saturated heterocycles. The Morgan fingerprint density at radius 1 is 1.23 bits per heavy atom. The van der Waals surface area contributed by atoms with Crippen LogP contribution in [0, 0.1) is 5.92 Å². The number of carbonyl (C=O) groups is 1. The molecule has 4 rings (SSSR count). The Hall–Kier alpha value is -1.88. The average molecular weight is 299 g/mol. The Morgan fingerprint density at radius 2 is 2.00 bits per heavy atom. The number of aliphatic hydroxyl groups is 1. The van der Waals surface area contributed by atoms with Crippen LogP contribution in [0.2, 0.25) is 0 Å². The zero-order valence-corrected chi connectivity index (χ0v) is 12.6. The summed E-state index contributed by atoms with van der Waals surface area (Å²) in [7, 11) is 0. The van der Waals surface area contributed by atoms with Gasteiger partial charge in [-0.15, -0.1) is 0 Å². The SMILES string of the molecule is O=C(c1nc(C2CC2)n2ccccc12)N1CCC(CO)CC1. The lowest BCUT2D eigenvalue weighted by Gasteiger charge is -2.30. The second-order valence-electron chi connectivity index (χ2n) is 6.47. The summed E-state index contributed by atoms with van der Waals surface area (Å²) in [6.07, 6.45) is 6.10. The summed E-state index contributed by atoms with van der Waals surface area (Å²) in [6.45, 7) is 1.66. The molecule has 1 saturated carbocycles. The highest BCUT2D eigenvalue weighted by Crippen LogP contribution is 2.40. The van der Waals surface area contributed by atoms with Gasteiger partial charge in [0.15, 0.2) is 5.69 Å². The van der Waals surface area contributed by atoms with Crippen molar-refractivity contribution < 1.29 is 9.90 Å². The standard InChI is InChI=1S/C17H21N3O2/c21-11-12-6-9-19(10-7-12)17(22)15-14-3-1-2-8-20(14)16(18-15)13-4-5-13/h1-3,8,12-13,21H,4-7,9-11H2. The number of amides is 1. The van der Waals surface area contributed by atoms with Crippen molar-refractivity contribution in [3.8, 4) is 0 Å². The minimum absolute atomic E-state index is 0.0342. The van der Waals surface area contributed by atoms with Crippen LogP contribution < -0.4 is 0 Å². The Bertz CT molecular complexity index is 697. The van der Waals surface area contributed by atoms with E-state index >= 15 is 0 Å². The number of aliphatic hydroxyl groups excluding tert-OH is 1. The number of nitrogens with zero attached hydrogens (tertiary/aromatic N) is 3. The van der Waals surface area contributed by atoms with Gasteiger partial charge in [-0.05, 0) is 43.7 Å². The van der Waals surface area contributed by atoms with Crippen molar-refractivity contribution in [3.05, 3.63) is 35.9 Å². The van der Waals surface area contributed by atoms with Gasteiger partial charge < -0.3 is 14.4 Å². The van der Waals surface area contributed by atoms with E-state index in [0.717, 1.165) is 24.2 Å². The second-order valence-corrected chi connectivity index (χ2v) is 6.47. The first kappa shape index (κ1) is 13.8. The van der Waals surface area contributed by atoms with E-state index in [2.05, 4.69) is 9.38 Å². The second kappa shape index (κ2) is 5.39. The van der Waals surface area contributed by atoms with Gasteiger partial charge in [-0.3, -0.25) is 4.79 Å². The molecule has 5 heteroatoms. The lowest BCUT2D eigenvalue weighted by molar-refractivity contribution is 0.0647. The molecular weight excluding hydrogens is 278 g/mol. The van der Waals surface area contributed by atoms with Crippen LogP contribution in [-0.4, -0.2) is 45.0 Å². The largest absolute Gasteiger partial charge is 0.396 e. The van der Waals surface area contributed by atoms with Crippen LogP contribution in [0.1, 0.15) is 47.9 Å². The monoisotopic (exact) mass is 299 g/mol. The van der Waals surface area contributed by atoms with Gasteiger partial charge in [-0.2, -0.15) is 0 Å². The van der Waals surface area contributed by atoms with Crippen LogP contribution in [0.25, 0.3) is 5.52 Å². The molecule has 0 atom stereocenters. The van der Waals surface area contributed by atoms with E-state index < -0.39 is 0 Å². The molecule has 0 unspecified atom stereocenters. The van der Waals surface area contributed by atoms with Crippen LogP contribution in [0.4, 0.5) is 0 Å². The fraction of sp³-hybridized carbons (Fsp3) is 0.529. The van der Waals surface area contributed by atoms with Gasteiger partial charge >= 0.3 is 0 Å². The average Bonchev–Trinajstić information content (AvgIpc) is 3.35. The quantitative estimate of drug-likeness (QED) is 0.944. The summed E-state index contributed by atoms with van der Waals surface area (Å²) in [5, 5.41) is 9.23. The van der Waals surface area contributed by atoms with Crippen molar-refractivity contribution in [2.75, 3.05) is 19.7 Å². The minimum Gasteiger partial charge on any atom is -0.396 e. The summed E-state index contributed by atoms with van der Waals surface area (Å²) in [6, 6.07) is 5.93. The zero-order chi connectivity index (χ0) is 15.1. The topological polar surface area (TPSA) is 57.8 Å². The highest BCUT2D eigenvalue weighted by atomic mass is 16.3. The first-order chi connectivity index (χ1) is 10.8. The first-order valence-corrected chi connectivity index (χ1v) is 8.15. The molecule has 2 aromatic heterocycles. The molecule has 2 fully saturated rings. The molecule has 1 amide bonds. The number of rotatable bonds is 3. The lowest BCUT2D eigenvalue weighted by Crippen LogP contribution is -2.39. The summed E-state index contributed by atoms with van der Waals surface area (Å²) < 4.78 is 2.07. The third-order valence-electron chi connectivity index (χ3n) is 4.88. The van der Waals surface area contributed by atoms with Gasteiger partial charge in [0.1, 0.15) is 5.82 Å². The minimum atomic E-state index is 0.0342. The Labute approximate surface area is 129 Å². The number of aromatic nitrogens is 2. The van der Waals surface area contributed by atoms with Crippen LogP contribution in [0.15, 0.2) is 24.4 Å². The van der Waals surface area contributed by atoms with Gasteiger partial charge in [-0.1, -0.05) is 6.07 Å². The molecule has 116 valence electrons. The summed E-state index contributed by atoms with van der Waals surface area (Å²) in [5.74, 6) is 1.91. The lowest BCUT2D eigenvalue weighted by atomic mass is 9.98. The van der Waals surface area contributed by atoms with E-state index in [1.54, 1.807) is 0 Å². The zero-order valence-electron chi connectivity index (χ0n) is 12.6. The predicted molar refractivity (Wildman–Crippen MR) is 82.9 cm³/mol. The molecule has 3 heterocycles. The van der Waals surface area contributed by atoms with Gasteiger partial charge in [0.2, 0.25) is 0 Å². The van der Waals surface area contributed by atoms with E-state index in [0.29, 0.717) is 30.6 Å². The number of hydrogen-bond acceptors (Lipinski definition) is 3. The maximum Gasteiger partial charge on any atom is 0.274 e. The molecule has 1 N–H and O–H groups in total. The van der Waals surface area contributed by atoms with Crippen molar-refractivity contribution in [3.63, 3.8) is 0 Å². The normalized spacial score (nSPS) is 19.8. The number of carbonyl (C=O) groups excluding carboxylic acids is 1. The van der Waals surface area contributed by atoms with Crippen molar-refractivity contribution in [1.82, 2.24) is 14.3 Å². The molecule has 0 spiro atoms. The number of imidazole rings is 1. The molecule has 0 aromatic carbocycles. The molecule has 0 bridgehead atoms. The van der Waals surface area contributed by atoms with Crippen LogP contribution >= 0.6 is 0 Å². The Balaban J connectivity index is 1.64. The number of likely N-dealkylation sites (tertiary alicyclic amines) is 1. The van der Waals surface area contributed by atoms with Crippen LogP contribution in [0.5, 0.6) is 0 Å². The number of pyridine rings is 1. The summed E-state index contributed by atoms with van der Waals surface area (Å²) >= 11 is 0. The van der Waals surface area contributed by atoms with E-state index in [9.17, 15) is 9.90 Å². The summed E-state index contributed by atoms with van der Waals surface area (Å²) in [4.78, 5) is 19.4. The van der Waals surface area contributed by atoms with Crippen molar-refractivity contribution in [2.45, 2.75) is 31.6 Å². The highest BCUT2D eigenvalue weighted by molar-refractivity contribution is 5.99. The first-order valence-electron chi connectivity index (χ1n) is 8.15. The van der Waals surface area contributed by atoms with E-state index in [4.69, 9.17) is 0 Å². The Kier molecular flexibility index (Phi) is 3.37. The molecular formula is C17H21N3O2. The maximum absolute atomic E-state index is 12.9. The third kappa shape index (κ3) is 2.29. The van der Waals surface area contributed by atoms with E-state index in [1.165, 1.54) is 12.8 Å². The number of piperidine rings is 1. The van der Waals surface area contributed by atoms with Crippen LogP contribution in [-0.2, 0) is 0 Å². The fourth-order valence-electron chi connectivity index (χ4n) is 3.32. The molecule has 0 radical (unpaired) electrons. The van der Waals surface area contributed by atoms with Crippen LogP contribution in [0.3, 0.4) is 0 Å². The number of fused-ring (bicyclic) bond motifs is 1. The molecule has 5 nitrogen and oxygen atoms in total.